The summed E-state index contributed by atoms with van der Waals surface area (Å²) in [6.07, 6.45) is 7.78. The summed E-state index contributed by atoms with van der Waals surface area (Å²) in [6, 6.07) is 18.3. The van der Waals surface area contributed by atoms with Gasteiger partial charge in [0.1, 0.15) is 16.4 Å². The van der Waals surface area contributed by atoms with Crippen LogP contribution in [0.25, 0.3) is 33.0 Å². The molecule has 0 aliphatic carbocycles. The summed E-state index contributed by atoms with van der Waals surface area (Å²) in [5.74, 6) is 1.70. The number of fused-ring (bicyclic) bond motifs is 2. The molecule has 0 amide bonds. The number of aromatic nitrogens is 2. The fraction of sp³-hybridized carbons (Fsp3) is 0.286. The third kappa shape index (κ3) is 4.51. The van der Waals surface area contributed by atoms with Gasteiger partial charge in [0.15, 0.2) is 0 Å². The topological polar surface area (TPSA) is 44.1 Å². The number of benzene rings is 2. The molecule has 0 unspecified atom stereocenters. The predicted octanol–water partition coefficient (Wildman–Crippen LogP) is 7.03. The highest BCUT2D eigenvalue weighted by Gasteiger charge is 2.23. The van der Waals surface area contributed by atoms with Gasteiger partial charge in [-0.2, -0.15) is 0 Å². The fourth-order valence-electron chi connectivity index (χ4n) is 4.37. The Morgan fingerprint density at radius 3 is 2.67 bits per heavy atom. The van der Waals surface area contributed by atoms with Crippen molar-refractivity contribution in [3.05, 3.63) is 81.7 Å². The van der Waals surface area contributed by atoms with Crippen LogP contribution in [0, 0.1) is 0 Å². The minimum atomic E-state index is 0.0605. The summed E-state index contributed by atoms with van der Waals surface area (Å²) < 4.78 is 7.69. The normalized spacial score (nSPS) is 14.2. The van der Waals surface area contributed by atoms with Crippen LogP contribution in [0.4, 0.5) is 0 Å². The molecule has 33 heavy (non-hydrogen) atoms. The fourth-order valence-corrected chi connectivity index (χ4v) is 5.31. The van der Waals surface area contributed by atoms with E-state index in [-0.39, 0.29) is 5.56 Å². The molecule has 3 heterocycles. The van der Waals surface area contributed by atoms with E-state index in [1.807, 2.05) is 47.0 Å². The van der Waals surface area contributed by atoms with Crippen molar-refractivity contribution in [1.29, 1.82) is 0 Å². The number of thiophene rings is 1. The molecule has 5 rings (SSSR count). The molecule has 4 aromatic rings. The lowest BCUT2D eigenvalue weighted by Gasteiger charge is -2.07. The number of nitrogens with zero attached hydrogens (tertiary/aromatic N) is 2. The SMILES string of the molecule is CCCCCCOc1ccc(/C=C2/CCn3c2nc2scc(-c4ccccc4)c2c3=O)cc1. The third-order valence-corrected chi connectivity index (χ3v) is 7.03. The van der Waals surface area contributed by atoms with Crippen molar-refractivity contribution in [3.8, 4) is 16.9 Å². The highest BCUT2D eigenvalue weighted by molar-refractivity contribution is 7.17. The predicted molar refractivity (Wildman–Crippen MR) is 138 cm³/mol. The van der Waals surface area contributed by atoms with Crippen LogP contribution in [-0.2, 0) is 6.54 Å². The first-order valence-corrected chi connectivity index (χ1v) is 12.6. The molecule has 2 aromatic carbocycles. The van der Waals surface area contributed by atoms with E-state index in [2.05, 4.69) is 30.5 Å². The maximum absolute atomic E-state index is 13.4. The Labute approximate surface area is 198 Å². The Morgan fingerprint density at radius 1 is 1.06 bits per heavy atom. The van der Waals surface area contributed by atoms with Gasteiger partial charge in [0.2, 0.25) is 0 Å². The van der Waals surface area contributed by atoms with Crippen molar-refractivity contribution in [2.24, 2.45) is 0 Å². The standard InChI is InChI=1S/C28H28N2O2S/c1-2-3-4-8-17-32-23-13-11-20(12-14-23)18-22-15-16-30-26(22)29-27-25(28(30)31)24(19-33-27)21-9-6-5-7-10-21/h5-7,9-14,18-19H,2-4,8,15-17H2,1H3/b22-18-. The molecule has 0 N–H and O–H groups in total. The summed E-state index contributed by atoms with van der Waals surface area (Å²) in [6.45, 7) is 3.65. The molecule has 0 atom stereocenters. The van der Waals surface area contributed by atoms with E-state index < -0.39 is 0 Å². The van der Waals surface area contributed by atoms with Crippen molar-refractivity contribution in [2.75, 3.05) is 6.61 Å². The van der Waals surface area contributed by atoms with E-state index in [1.54, 1.807) is 11.3 Å². The van der Waals surface area contributed by atoms with Gasteiger partial charge in [-0.25, -0.2) is 4.98 Å². The first kappa shape index (κ1) is 21.7. The summed E-state index contributed by atoms with van der Waals surface area (Å²) >= 11 is 1.54. The number of rotatable bonds is 8. The molecule has 1 aliphatic rings. The van der Waals surface area contributed by atoms with Crippen molar-refractivity contribution >= 4 is 33.2 Å². The number of allylic oxidation sites excluding steroid dienone is 1. The Morgan fingerprint density at radius 2 is 1.88 bits per heavy atom. The summed E-state index contributed by atoms with van der Waals surface area (Å²) in [4.78, 5) is 19.1. The van der Waals surface area contributed by atoms with Gasteiger partial charge < -0.3 is 4.74 Å². The van der Waals surface area contributed by atoms with E-state index in [0.29, 0.717) is 6.54 Å². The summed E-state index contributed by atoms with van der Waals surface area (Å²) in [5.41, 5.74) is 4.31. The zero-order chi connectivity index (χ0) is 22.6. The van der Waals surface area contributed by atoms with Gasteiger partial charge in [0.25, 0.3) is 5.56 Å². The van der Waals surface area contributed by atoms with Crippen LogP contribution in [0.1, 0.15) is 50.4 Å². The largest absolute Gasteiger partial charge is 0.494 e. The zero-order valence-corrected chi connectivity index (χ0v) is 19.7. The number of hydrogen-bond acceptors (Lipinski definition) is 4. The molecule has 0 bridgehead atoms. The van der Waals surface area contributed by atoms with Crippen molar-refractivity contribution < 1.29 is 4.74 Å². The maximum Gasteiger partial charge on any atom is 0.263 e. The van der Waals surface area contributed by atoms with Crippen LogP contribution in [-0.4, -0.2) is 16.2 Å². The van der Waals surface area contributed by atoms with Crippen LogP contribution in [0.5, 0.6) is 5.75 Å². The average Bonchev–Trinajstić information content (AvgIpc) is 3.46. The lowest BCUT2D eigenvalue weighted by atomic mass is 10.1. The minimum absolute atomic E-state index is 0.0605. The molecular formula is C28H28N2O2S. The van der Waals surface area contributed by atoms with Gasteiger partial charge in [-0.15, -0.1) is 11.3 Å². The molecule has 4 nitrogen and oxygen atoms in total. The molecule has 0 radical (unpaired) electrons. The molecule has 1 aliphatic heterocycles. The van der Waals surface area contributed by atoms with Crippen molar-refractivity contribution in [1.82, 2.24) is 9.55 Å². The first-order valence-electron chi connectivity index (χ1n) is 11.8. The Hall–Kier alpha value is -3.18. The van der Waals surface area contributed by atoms with Crippen LogP contribution in [0.2, 0.25) is 0 Å². The smallest absolute Gasteiger partial charge is 0.263 e. The Bertz CT molecular complexity index is 1330. The number of hydrogen-bond donors (Lipinski definition) is 0. The molecular weight excluding hydrogens is 428 g/mol. The molecule has 0 saturated carbocycles. The monoisotopic (exact) mass is 456 g/mol. The van der Waals surface area contributed by atoms with Gasteiger partial charge in [0, 0.05) is 17.5 Å². The van der Waals surface area contributed by atoms with Gasteiger partial charge in [-0.1, -0.05) is 68.7 Å². The van der Waals surface area contributed by atoms with E-state index in [0.717, 1.165) is 63.5 Å². The average molecular weight is 457 g/mol. The molecule has 5 heteroatoms. The highest BCUT2D eigenvalue weighted by Crippen LogP contribution is 2.34. The number of ether oxygens (including phenoxy) is 1. The van der Waals surface area contributed by atoms with E-state index >= 15 is 0 Å². The second kappa shape index (κ2) is 9.75. The summed E-state index contributed by atoms with van der Waals surface area (Å²) in [5, 5.41) is 2.78. The van der Waals surface area contributed by atoms with Gasteiger partial charge in [0.05, 0.1) is 12.0 Å². The van der Waals surface area contributed by atoms with Gasteiger partial charge in [-0.3, -0.25) is 9.36 Å². The quantitative estimate of drug-likeness (QED) is 0.267. The van der Waals surface area contributed by atoms with Gasteiger partial charge in [-0.05, 0) is 47.8 Å². The van der Waals surface area contributed by atoms with Crippen LogP contribution in [0.15, 0.2) is 64.8 Å². The minimum Gasteiger partial charge on any atom is -0.494 e. The molecule has 2 aromatic heterocycles. The summed E-state index contributed by atoms with van der Waals surface area (Å²) in [7, 11) is 0. The van der Waals surface area contributed by atoms with Crippen LogP contribution in [0.3, 0.4) is 0 Å². The zero-order valence-electron chi connectivity index (χ0n) is 18.9. The lowest BCUT2D eigenvalue weighted by Crippen LogP contribution is -2.20. The second-order valence-corrected chi connectivity index (χ2v) is 9.34. The molecule has 0 fully saturated rings. The van der Waals surface area contributed by atoms with Crippen molar-refractivity contribution in [3.63, 3.8) is 0 Å². The van der Waals surface area contributed by atoms with Gasteiger partial charge >= 0.3 is 0 Å². The van der Waals surface area contributed by atoms with E-state index in [1.165, 1.54) is 19.3 Å². The lowest BCUT2D eigenvalue weighted by molar-refractivity contribution is 0.305. The van der Waals surface area contributed by atoms with E-state index in [4.69, 9.17) is 9.72 Å². The third-order valence-electron chi connectivity index (χ3n) is 6.16. The first-order chi connectivity index (χ1) is 16.2. The maximum atomic E-state index is 13.4. The van der Waals surface area contributed by atoms with E-state index in [9.17, 15) is 4.79 Å². The highest BCUT2D eigenvalue weighted by atomic mass is 32.1. The molecule has 0 spiro atoms. The second-order valence-electron chi connectivity index (χ2n) is 8.49. The van der Waals surface area contributed by atoms with Crippen LogP contribution < -0.4 is 10.3 Å². The number of unbranched alkanes of at least 4 members (excludes halogenated alkanes) is 3. The Kier molecular flexibility index (Phi) is 6.40. The Balaban J connectivity index is 1.39. The van der Waals surface area contributed by atoms with Crippen molar-refractivity contribution in [2.45, 2.75) is 45.6 Å². The molecule has 168 valence electrons. The van der Waals surface area contributed by atoms with Crippen LogP contribution >= 0.6 is 11.3 Å². The molecule has 0 saturated heterocycles.